The number of para-hydroxylation sites is 1. The first-order valence-electron chi connectivity index (χ1n) is 7.34. The molecule has 0 spiro atoms. The average Bonchev–Trinajstić information content (AvgIpc) is 2.87. The molecule has 1 aliphatic heterocycles. The third-order valence-corrected chi connectivity index (χ3v) is 3.85. The van der Waals surface area contributed by atoms with Crippen molar-refractivity contribution in [2.24, 2.45) is 0 Å². The number of hydrogen-bond acceptors (Lipinski definition) is 3. The fourth-order valence-electron chi connectivity index (χ4n) is 2.78. The maximum Gasteiger partial charge on any atom is 0.320 e. The molecule has 0 aliphatic carbocycles. The van der Waals surface area contributed by atoms with Crippen molar-refractivity contribution in [3.8, 4) is 0 Å². The summed E-state index contributed by atoms with van der Waals surface area (Å²) in [6.07, 6.45) is 1.44. The monoisotopic (exact) mass is 290 g/mol. The van der Waals surface area contributed by atoms with Crippen molar-refractivity contribution in [2.75, 3.05) is 18.4 Å². The smallest absolute Gasteiger partial charge is 0.320 e. The summed E-state index contributed by atoms with van der Waals surface area (Å²) in [5.74, 6) is -0.681. The van der Waals surface area contributed by atoms with E-state index in [4.69, 9.17) is 5.11 Å². The largest absolute Gasteiger partial charge is 0.480 e. The van der Waals surface area contributed by atoms with Crippen molar-refractivity contribution in [2.45, 2.75) is 38.6 Å². The van der Waals surface area contributed by atoms with Gasteiger partial charge in [0.2, 0.25) is 5.91 Å². The summed E-state index contributed by atoms with van der Waals surface area (Å²) in [6, 6.07) is 7.18. The van der Waals surface area contributed by atoms with Crippen molar-refractivity contribution < 1.29 is 14.7 Å². The maximum absolute atomic E-state index is 12.2. The van der Waals surface area contributed by atoms with Crippen LogP contribution in [0.4, 0.5) is 5.69 Å². The van der Waals surface area contributed by atoms with E-state index in [1.165, 1.54) is 0 Å². The Morgan fingerprint density at radius 1 is 1.38 bits per heavy atom. The Bertz CT molecular complexity index is 528. The number of benzene rings is 1. The number of likely N-dealkylation sites (tertiary alicyclic amines) is 1. The van der Waals surface area contributed by atoms with Crippen LogP contribution >= 0.6 is 0 Å². The summed E-state index contributed by atoms with van der Waals surface area (Å²) in [5.41, 5.74) is 1.89. The lowest BCUT2D eigenvalue weighted by Crippen LogP contribution is -2.41. The number of anilines is 1. The molecule has 0 aromatic heterocycles. The van der Waals surface area contributed by atoms with Crippen molar-refractivity contribution in [1.29, 1.82) is 0 Å². The summed E-state index contributed by atoms with van der Waals surface area (Å²) in [5, 5.41) is 12.0. The summed E-state index contributed by atoms with van der Waals surface area (Å²) >= 11 is 0. The highest BCUT2D eigenvalue weighted by atomic mass is 16.4. The van der Waals surface area contributed by atoms with Crippen LogP contribution in [0.2, 0.25) is 0 Å². The molecule has 1 aromatic rings. The van der Waals surface area contributed by atoms with Gasteiger partial charge in [0.05, 0.1) is 6.54 Å². The molecule has 114 valence electrons. The number of amides is 1. The van der Waals surface area contributed by atoms with E-state index in [1.54, 1.807) is 4.90 Å². The number of carboxylic acids is 1. The summed E-state index contributed by atoms with van der Waals surface area (Å²) < 4.78 is 0. The van der Waals surface area contributed by atoms with Gasteiger partial charge in [-0.15, -0.1) is 0 Å². The standard InChI is InChI=1S/C16H22N2O3/c1-11(2)12-6-3-4-7-13(12)17-15(19)10-18-9-5-8-14(18)16(20)21/h3-4,6-7,11,14H,5,8-10H2,1-2H3,(H,17,19)(H,20,21). The highest BCUT2D eigenvalue weighted by Crippen LogP contribution is 2.24. The molecule has 2 rings (SSSR count). The minimum absolute atomic E-state index is 0.128. The van der Waals surface area contributed by atoms with Crippen LogP contribution in [-0.2, 0) is 9.59 Å². The van der Waals surface area contributed by atoms with Crippen LogP contribution in [0, 0.1) is 0 Å². The molecule has 2 N–H and O–H groups in total. The van der Waals surface area contributed by atoms with Crippen LogP contribution in [0.15, 0.2) is 24.3 Å². The molecule has 1 aromatic carbocycles. The number of nitrogens with zero attached hydrogens (tertiary/aromatic N) is 1. The Balaban J connectivity index is 2.01. The second-order valence-corrected chi connectivity index (χ2v) is 5.76. The van der Waals surface area contributed by atoms with E-state index >= 15 is 0 Å². The van der Waals surface area contributed by atoms with Crippen molar-refractivity contribution >= 4 is 17.6 Å². The van der Waals surface area contributed by atoms with E-state index in [9.17, 15) is 9.59 Å². The first-order chi connectivity index (χ1) is 9.99. The van der Waals surface area contributed by atoms with Crippen LogP contribution < -0.4 is 5.32 Å². The van der Waals surface area contributed by atoms with Crippen LogP contribution in [-0.4, -0.2) is 41.0 Å². The Hall–Kier alpha value is -1.88. The molecule has 1 fully saturated rings. The van der Waals surface area contributed by atoms with Crippen LogP contribution in [0.3, 0.4) is 0 Å². The van der Waals surface area contributed by atoms with Crippen molar-refractivity contribution in [3.63, 3.8) is 0 Å². The van der Waals surface area contributed by atoms with Gasteiger partial charge in [-0.1, -0.05) is 32.0 Å². The van der Waals surface area contributed by atoms with E-state index < -0.39 is 12.0 Å². The molecule has 21 heavy (non-hydrogen) atoms. The molecule has 0 bridgehead atoms. The fraction of sp³-hybridized carbons (Fsp3) is 0.500. The zero-order chi connectivity index (χ0) is 15.4. The molecule has 5 nitrogen and oxygen atoms in total. The van der Waals surface area contributed by atoms with Crippen molar-refractivity contribution in [3.05, 3.63) is 29.8 Å². The number of carbonyl (C=O) groups is 2. The second-order valence-electron chi connectivity index (χ2n) is 5.76. The predicted octanol–water partition coefficient (Wildman–Crippen LogP) is 2.30. The summed E-state index contributed by atoms with van der Waals surface area (Å²) in [6.45, 7) is 4.94. The lowest BCUT2D eigenvalue weighted by molar-refractivity contribution is -0.142. The van der Waals surface area contributed by atoms with Gasteiger partial charge in [0.15, 0.2) is 0 Å². The van der Waals surface area contributed by atoms with Crippen molar-refractivity contribution in [1.82, 2.24) is 4.90 Å². The van der Waals surface area contributed by atoms with Gasteiger partial charge in [-0.2, -0.15) is 0 Å². The van der Waals surface area contributed by atoms with Crippen LogP contribution in [0.1, 0.15) is 38.2 Å². The maximum atomic E-state index is 12.2. The van der Waals surface area contributed by atoms with E-state index in [0.717, 1.165) is 17.7 Å². The minimum Gasteiger partial charge on any atom is -0.480 e. The van der Waals surface area contributed by atoms with Gasteiger partial charge < -0.3 is 10.4 Å². The highest BCUT2D eigenvalue weighted by molar-refractivity contribution is 5.93. The van der Waals surface area contributed by atoms with Gasteiger partial charge in [-0.25, -0.2) is 0 Å². The molecule has 0 radical (unpaired) electrons. The summed E-state index contributed by atoms with van der Waals surface area (Å²) in [4.78, 5) is 25.0. The van der Waals surface area contributed by atoms with E-state index in [-0.39, 0.29) is 12.5 Å². The van der Waals surface area contributed by atoms with E-state index in [1.807, 2.05) is 24.3 Å². The van der Waals surface area contributed by atoms with Gasteiger partial charge in [-0.3, -0.25) is 14.5 Å². The third-order valence-electron chi connectivity index (χ3n) is 3.85. The Morgan fingerprint density at radius 2 is 2.10 bits per heavy atom. The minimum atomic E-state index is -0.845. The molecule has 0 saturated carbocycles. The quantitative estimate of drug-likeness (QED) is 0.873. The van der Waals surface area contributed by atoms with Gasteiger partial charge >= 0.3 is 5.97 Å². The molecule has 1 aliphatic rings. The number of carboxylic acid groups (broad SMARTS) is 1. The molecule has 1 saturated heterocycles. The third kappa shape index (κ3) is 3.82. The molecular weight excluding hydrogens is 268 g/mol. The second kappa shape index (κ2) is 6.72. The van der Waals surface area contributed by atoms with Gasteiger partial charge in [0, 0.05) is 5.69 Å². The van der Waals surface area contributed by atoms with E-state index in [2.05, 4.69) is 19.2 Å². The first kappa shape index (κ1) is 15.5. The molecule has 1 atom stereocenters. The van der Waals surface area contributed by atoms with Gasteiger partial charge in [0.25, 0.3) is 0 Å². The zero-order valence-electron chi connectivity index (χ0n) is 12.5. The molecule has 1 unspecified atom stereocenters. The SMILES string of the molecule is CC(C)c1ccccc1NC(=O)CN1CCCC1C(=O)O. The zero-order valence-corrected chi connectivity index (χ0v) is 12.5. The topological polar surface area (TPSA) is 69.6 Å². The Morgan fingerprint density at radius 3 is 2.76 bits per heavy atom. The average molecular weight is 290 g/mol. The highest BCUT2D eigenvalue weighted by Gasteiger charge is 2.31. The lowest BCUT2D eigenvalue weighted by atomic mass is 10.0. The van der Waals surface area contributed by atoms with Crippen LogP contribution in [0.25, 0.3) is 0 Å². The Kier molecular flexibility index (Phi) is 4.96. The number of hydrogen-bond donors (Lipinski definition) is 2. The summed E-state index contributed by atoms with van der Waals surface area (Å²) in [7, 11) is 0. The lowest BCUT2D eigenvalue weighted by Gasteiger charge is -2.21. The van der Waals surface area contributed by atoms with Gasteiger partial charge in [0.1, 0.15) is 6.04 Å². The number of rotatable bonds is 5. The molecule has 1 heterocycles. The molecular formula is C16H22N2O3. The molecule has 5 heteroatoms. The fourth-order valence-corrected chi connectivity index (χ4v) is 2.78. The first-order valence-corrected chi connectivity index (χ1v) is 7.34. The number of aliphatic carboxylic acids is 1. The normalized spacial score (nSPS) is 18.9. The Labute approximate surface area is 125 Å². The van der Waals surface area contributed by atoms with Gasteiger partial charge in [-0.05, 0) is 36.9 Å². The van der Waals surface area contributed by atoms with E-state index in [0.29, 0.717) is 18.9 Å². The number of carbonyl (C=O) groups excluding carboxylic acids is 1. The predicted molar refractivity (Wildman–Crippen MR) is 81.4 cm³/mol. The number of nitrogens with one attached hydrogen (secondary N) is 1. The van der Waals surface area contributed by atoms with Crippen LogP contribution in [0.5, 0.6) is 0 Å². The molecule has 1 amide bonds.